The largest absolute Gasteiger partial charge is 0.494 e. The van der Waals surface area contributed by atoms with E-state index in [1.54, 1.807) is 30.3 Å². The van der Waals surface area contributed by atoms with Crippen LogP contribution in [-0.2, 0) is 9.59 Å². The smallest absolute Gasteiger partial charge is 0.250 e. The summed E-state index contributed by atoms with van der Waals surface area (Å²) in [6.45, 7) is 2.46. The van der Waals surface area contributed by atoms with Gasteiger partial charge in [0.2, 0.25) is 11.9 Å². The van der Waals surface area contributed by atoms with Crippen molar-refractivity contribution in [1.82, 2.24) is 10.6 Å². The molecule has 0 saturated carbocycles. The lowest BCUT2D eigenvalue weighted by Gasteiger charge is -2.02. The van der Waals surface area contributed by atoms with Gasteiger partial charge in [-0.15, -0.1) is 10.2 Å². The molecule has 0 aliphatic carbocycles. The Balaban J connectivity index is 1.83. The summed E-state index contributed by atoms with van der Waals surface area (Å²) in [4.78, 5) is 23.7. The molecular weight excluding hydrogens is 415 g/mol. The molecule has 0 heterocycles. The Bertz CT molecular complexity index is 1040. The highest BCUT2D eigenvalue weighted by Crippen LogP contribution is 2.12. The van der Waals surface area contributed by atoms with E-state index in [0.29, 0.717) is 12.2 Å². The number of ether oxygens (including phenoxy) is 1. The minimum Gasteiger partial charge on any atom is -0.494 e. The summed E-state index contributed by atoms with van der Waals surface area (Å²) in [5.74, 6) is -1.39. The van der Waals surface area contributed by atoms with Gasteiger partial charge < -0.3 is 16.2 Å². The lowest BCUT2D eigenvalue weighted by Crippen LogP contribution is -2.37. The summed E-state index contributed by atoms with van der Waals surface area (Å²) in [7, 11) is 0. The second-order valence-corrected chi connectivity index (χ2v) is 6.17. The van der Waals surface area contributed by atoms with Crippen molar-refractivity contribution in [2.45, 2.75) is 6.92 Å². The van der Waals surface area contributed by atoms with Gasteiger partial charge in [-0.2, -0.15) is 0 Å². The fraction of sp³-hybridized carbons (Fsp3) is 0.0909. The Hall–Kier alpha value is -4.47. The molecule has 6 N–H and O–H groups in total. The zero-order valence-electron chi connectivity index (χ0n) is 17.3. The molecular formula is C22H23FN6O3. The Kier molecular flexibility index (Phi) is 9.13. The lowest BCUT2D eigenvalue weighted by molar-refractivity contribution is -0.116. The van der Waals surface area contributed by atoms with Crippen molar-refractivity contribution in [3.05, 3.63) is 77.6 Å². The monoisotopic (exact) mass is 438 g/mol. The van der Waals surface area contributed by atoms with E-state index in [0.717, 1.165) is 11.3 Å². The van der Waals surface area contributed by atoms with Gasteiger partial charge in [-0.05, 0) is 54.5 Å². The number of amides is 2. The Morgan fingerprint density at radius 1 is 0.875 bits per heavy atom. The van der Waals surface area contributed by atoms with Crippen LogP contribution >= 0.6 is 0 Å². The molecule has 0 bridgehead atoms. The summed E-state index contributed by atoms with van der Waals surface area (Å²) in [6.07, 6.45) is 5.52. The number of hydrogen-bond acceptors (Lipinski definition) is 5. The van der Waals surface area contributed by atoms with Crippen molar-refractivity contribution in [2.75, 3.05) is 6.61 Å². The van der Waals surface area contributed by atoms with E-state index in [1.807, 2.05) is 6.92 Å². The fourth-order valence-corrected chi connectivity index (χ4v) is 2.25. The van der Waals surface area contributed by atoms with Crippen molar-refractivity contribution in [1.29, 1.82) is 0 Å². The van der Waals surface area contributed by atoms with E-state index in [-0.39, 0.29) is 17.7 Å². The first-order valence-electron chi connectivity index (χ1n) is 9.49. The average Bonchev–Trinajstić information content (AvgIpc) is 2.77. The number of halogens is 1. The normalized spacial score (nSPS) is 12.2. The molecule has 0 unspecified atom stereocenters. The SMILES string of the molecule is CCOc1ccc(C=CC(=O)NC(N)=NN=C(N)NC(=O)C=Cc2ccc(F)cc2)cc1. The molecule has 9 nitrogen and oxygen atoms in total. The Labute approximate surface area is 184 Å². The van der Waals surface area contributed by atoms with Crippen LogP contribution in [0.2, 0.25) is 0 Å². The zero-order valence-corrected chi connectivity index (χ0v) is 17.3. The van der Waals surface area contributed by atoms with Crippen molar-refractivity contribution in [3.8, 4) is 5.75 Å². The van der Waals surface area contributed by atoms with Crippen LogP contribution in [0.3, 0.4) is 0 Å². The van der Waals surface area contributed by atoms with E-state index >= 15 is 0 Å². The number of nitrogens with zero attached hydrogens (tertiary/aromatic N) is 2. The number of hydrogen-bond donors (Lipinski definition) is 4. The van der Waals surface area contributed by atoms with Crippen LogP contribution in [0.4, 0.5) is 4.39 Å². The highest BCUT2D eigenvalue weighted by Gasteiger charge is 2.01. The van der Waals surface area contributed by atoms with Gasteiger partial charge in [-0.3, -0.25) is 20.2 Å². The molecule has 0 aromatic heterocycles. The molecule has 166 valence electrons. The van der Waals surface area contributed by atoms with E-state index in [2.05, 4.69) is 20.8 Å². The van der Waals surface area contributed by atoms with Crippen molar-refractivity contribution in [2.24, 2.45) is 21.7 Å². The van der Waals surface area contributed by atoms with Crippen LogP contribution in [0, 0.1) is 5.82 Å². The highest BCUT2D eigenvalue weighted by atomic mass is 19.1. The fourth-order valence-electron chi connectivity index (χ4n) is 2.25. The molecule has 2 aromatic carbocycles. The zero-order chi connectivity index (χ0) is 23.3. The minimum absolute atomic E-state index is 0.314. The number of rotatable bonds is 7. The number of carbonyl (C=O) groups excluding carboxylic acids is 2. The number of benzene rings is 2. The van der Waals surface area contributed by atoms with Gasteiger partial charge in [-0.1, -0.05) is 24.3 Å². The van der Waals surface area contributed by atoms with Crippen LogP contribution in [0.25, 0.3) is 12.2 Å². The predicted octanol–water partition coefficient (Wildman–Crippen LogP) is 1.73. The maximum atomic E-state index is 12.9. The topological polar surface area (TPSA) is 144 Å². The first-order valence-corrected chi connectivity index (χ1v) is 9.49. The molecule has 10 heteroatoms. The third-order valence-electron chi connectivity index (χ3n) is 3.68. The molecule has 0 atom stereocenters. The molecule has 0 radical (unpaired) electrons. The molecule has 0 aliphatic heterocycles. The van der Waals surface area contributed by atoms with E-state index < -0.39 is 11.8 Å². The summed E-state index contributed by atoms with van der Waals surface area (Å²) in [5.41, 5.74) is 12.5. The minimum atomic E-state index is -0.577. The van der Waals surface area contributed by atoms with Crippen LogP contribution < -0.4 is 26.8 Å². The lowest BCUT2D eigenvalue weighted by atomic mass is 10.2. The molecule has 0 saturated heterocycles. The van der Waals surface area contributed by atoms with Gasteiger partial charge in [0.05, 0.1) is 6.61 Å². The van der Waals surface area contributed by atoms with Gasteiger partial charge >= 0.3 is 0 Å². The average molecular weight is 438 g/mol. The summed E-state index contributed by atoms with van der Waals surface area (Å²) in [5, 5.41) is 11.6. The Morgan fingerprint density at radius 3 is 1.75 bits per heavy atom. The molecule has 0 fully saturated rings. The summed E-state index contributed by atoms with van der Waals surface area (Å²) in [6, 6.07) is 12.7. The molecule has 2 amide bonds. The first-order chi connectivity index (χ1) is 15.4. The second kappa shape index (κ2) is 12.3. The van der Waals surface area contributed by atoms with Crippen molar-refractivity contribution in [3.63, 3.8) is 0 Å². The number of nitrogens with one attached hydrogen (secondary N) is 2. The van der Waals surface area contributed by atoms with Crippen molar-refractivity contribution < 1.29 is 18.7 Å². The molecule has 0 spiro atoms. The van der Waals surface area contributed by atoms with Crippen LogP contribution in [0.5, 0.6) is 5.75 Å². The third kappa shape index (κ3) is 8.91. The predicted molar refractivity (Wildman–Crippen MR) is 122 cm³/mol. The molecule has 0 aliphatic rings. The maximum Gasteiger partial charge on any atom is 0.250 e. The molecule has 2 rings (SSSR count). The summed E-state index contributed by atoms with van der Waals surface area (Å²) < 4.78 is 18.2. The van der Waals surface area contributed by atoms with E-state index in [9.17, 15) is 14.0 Å². The second-order valence-electron chi connectivity index (χ2n) is 6.17. The Morgan fingerprint density at radius 2 is 1.31 bits per heavy atom. The van der Waals surface area contributed by atoms with Crippen molar-refractivity contribution >= 4 is 35.9 Å². The van der Waals surface area contributed by atoms with Crippen LogP contribution in [0.15, 0.2) is 70.9 Å². The van der Waals surface area contributed by atoms with E-state index in [4.69, 9.17) is 16.2 Å². The highest BCUT2D eigenvalue weighted by molar-refractivity contribution is 6.05. The number of guanidine groups is 2. The third-order valence-corrected chi connectivity index (χ3v) is 3.68. The van der Waals surface area contributed by atoms with Gasteiger partial charge in [0.1, 0.15) is 11.6 Å². The van der Waals surface area contributed by atoms with Gasteiger partial charge in [0.15, 0.2) is 0 Å². The molecule has 32 heavy (non-hydrogen) atoms. The standard InChI is InChI=1S/C22H23FN6O3/c1-2-32-18-11-5-16(6-12-18)8-14-20(31)27-22(25)29-28-21(24)26-19(30)13-7-15-3-9-17(23)10-4-15/h3-14H,2H2,1H3,(H3,24,26,28,30)(H3,25,27,29,31). The summed E-state index contributed by atoms with van der Waals surface area (Å²) >= 11 is 0. The van der Waals surface area contributed by atoms with Crippen LogP contribution in [-0.4, -0.2) is 30.3 Å². The quantitative estimate of drug-likeness (QED) is 0.225. The molecule has 2 aromatic rings. The van der Waals surface area contributed by atoms with Gasteiger partial charge in [0, 0.05) is 12.2 Å². The van der Waals surface area contributed by atoms with Crippen LogP contribution in [0.1, 0.15) is 18.1 Å². The first kappa shape index (κ1) is 23.8. The van der Waals surface area contributed by atoms with E-state index in [1.165, 1.54) is 42.5 Å². The van der Waals surface area contributed by atoms with Gasteiger partial charge in [0.25, 0.3) is 11.8 Å². The van der Waals surface area contributed by atoms with Gasteiger partial charge in [-0.25, -0.2) is 4.39 Å². The maximum absolute atomic E-state index is 12.9. The number of carbonyl (C=O) groups is 2. The number of nitrogens with two attached hydrogens (primary N) is 2.